The fourth-order valence-corrected chi connectivity index (χ4v) is 4.12. The molecule has 1 saturated carbocycles. The molecular weight excluding hydrogens is 411 g/mol. The maximum absolute atomic E-state index is 12.8. The summed E-state index contributed by atoms with van der Waals surface area (Å²) in [6.45, 7) is 5.14. The Balaban J connectivity index is 0.00000210. The van der Waals surface area contributed by atoms with E-state index < -0.39 is 0 Å². The SMILES string of the molecule is Cc1ccc(N)cc1C(=O)N1CCN(CC(=O)N(C)C2CCCCC2)CC1.Cl.Cl. The first-order valence-electron chi connectivity index (χ1n) is 10.1. The number of nitrogen functional groups attached to an aromatic ring is 1. The molecule has 29 heavy (non-hydrogen) atoms. The van der Waals surface area contributed by atoms with Crippen LogP contribution in [0.1, 0.15) is 48.0 Å². The zero-order valence-corrected chi connectivity index (χ0v) is 19.1. The molecule has 0 bridgehead atoms. The molecule has 1 aliphatic heterocycles. The predicted octanol–water partition coefficient (Wildman–Crippen LogP) is 2.97. The van der Waals surface area contributed by atoms with E-state index >= 15 is 0 Å². The molecule has 1 aromatic carbocycles. The van der Waals surface area contributed by atoms with Crippen LogP contribution in [0, 0.1) is 6.92 Å². The first-order chi connectivity index (χ1) is 13.0. The van der Waals surface area contributed by atoms with Gasteiger partial charge in [-0.2, -0.15) is 0 Å². The lowest BCUT2D eigenvalue weighted by Crippen LogP contribution is -2.52. The number of piperazine rings is 1. The molecule has 0 atom stereocenters. The maximum Gasteiger partial charge on any atom is 0.254 e. The second kappa shape index (κ2) is 11.6. The Morgan fingerprint density at radius 1 is 1.07 bits per heavy atom. The van der Waals surface area contributed by atoms with Gasteiger partial charge in [-0.05, 0) is 37.5 Å². The van der Waals surface area contributed by atoms with Crippen LogP contribution < -0.4 is 5.73 Å². The standard InChI is InChI=1S/C21H32N4O2.2ClH/c1-16-8-9-17(22)14-19(16)21(27)25-12-10-24(11-13-25)15-20(26)23(2)18-6-4-3-5-7-18;;/h8-9,14,18H,3-7,10-13,15,22H2,1-2H3;2*1H. The van der Waals surface area contributed by atoms with Crippen molar-refractivity contribution in [2.24, 2.45) is 0 Å². The highest BCUT2D eigenvalue weighted by molar-refractivity contribution is 5.96. The summed E-state index contributed by atoms with van der Waals surface area (Å²) in [5.74, 6) is 0.235. The molecular formula is C21H34Cl2N4O2. The van der Waals surface area contributed by atoms with Crippen LogP contribution in [0.4, 0.5) is 5.69 Å². The van der Waals surface area contributed by atoms with E-state index in [4.69, 9.17) is 5.73 Å². The molecule has 2 fully saturated rings. The number of halogens is 2. The molecule has 1 heterocycles. The molecule has 0 aromatic heterocycles. The van der Waals surface area contributed by atoms with Gasteiger partial charge in [0.1, 0.15) is 0 Å². The van der Waals surface area contributed by atoms with E-state index in [1.807, 2.05) is 35.9 Å². The Hall–Kier alpha value is -1.50. The van der Waals surface area contributed by atoms with Crippen LogP contribution in [0.3, 0.4) is 0 Å². The Bertz CT molecular complexity index is 687. The number of benzene rings is 1. The molecule has 1 aliphatic carbocycles. The van der Waals surface area contributed by atoms with Crippen molar-refractivity contribution in [3.63, 3.8) is 0 Å². The lowest BCUT2D eigenvalue weighted by Gasteiger charge is -2.37. The van der Waals surface area contributed by atoms with Gasteiger partial charge >= 0.3 is 0 Å². The molecule has 1 aromatic rings. The third-order valence-corrected chi connectivity index (χ3v) is 6.03. The average Bonchev–Trinajstić information content (AvgIpc) is 2.70. The van der Waals surface area contributed by atoms with Crippen LogP contribution in [0.15, 0.2) is 18.2 Å². The Labute approximate surface area is 186 Å². The van der Waals surface area contributed by atoms with Gasteiger partial charge in [0.15, 0.2) is 0 Å². The molecule has 2 aliphatic rings. The summed E-state index contributed by atoms with van der Waals surface area (Å²) < 4.78 is 0. The minimum atomic E-state index is 0. The Kier molecular flexibility index (Phi) is 10.2. The number of amides is 2. The number of nitrogens with two attached hydrogens (primary N) is 1. The molecule has 8 heteroatoms. The molecule has 0 unspecified atom stereocenters. The zero-order chi connectivity index (χ0) is 19.4. The number of carbonyl (C=O) groups excluding carboxylic acids is 2. The van der Waals surface area contributed by atoms with Crippen LogP contribution in [-0.2, 0) is 4.79 Å². The van der Waals surface area contributed by atoms with Gasteiger partial charge in [0.2, 0.25) is 5.91 Å². The molecule has 0 radical (unpaired) electrons. The minimum Gasteiger partial charge on any atom is -0.399 e. The number of rotatable bonds is 4. The highest BCUT2D eigenvalue weighted by Gasteiger charge is 2.27. The van der Waals surface area contributed by atoms with Gasteiger partial charge in [-0.1, -0.05) is 25.3 Å². The van der Waals surface area contributed by atoms with Crippen LogP contribution in [0.5, 0.6) is 0 Å². The number of hydrogen-bond donors (Lipinski definition) is 1. The molecule has 0 spiro atoms. The third kappa shape index (κ3) is 6.49. The molecule has 1 saturated heterocycles. The van der Waals surface area contributed by atoms with Crippen molar-refractivity contribution in [2.75, 3.05) is 45.5 Å². The van der Waals surface area contributed by atoms with Crippen LogP contribution in [0.25, 0.3) is 0 Å². The second-order valence-electron chi connectivity index (χ2n) is 7.94. The summed E-state index contributed by atoms with van der Waals surface area (Å²) in [5, 5.41) is 0. The van der Waals surface area contributed by atoms with E-state index in [0.29, 0.717) is 36.9 Å². The number of likely N-dealkylation sites (N-methyl/N-ethyl adjacent to an activating group) is 1. The normalized spacial score (nSPS) is 17.8. The highest BCUT2D eigenvalue weighted by Crippen LogP contribution is 2.22. The summed E-state index contributed by atoms with van der Waals surface area (Å²) in [6.07, 6.45) is 6.01. The van der Waals surface area contributed by atoms with Crippen molar-refractivity contribution in [1.82, 2.24) is 14.7 Å². The van der Waals surface area contributed by atoms with E-state index in [2.05, 4.69) is 4.90 Å². The van der Waals surface area contributed by atoms with Gasteiger partial charge in [-0.15, -0.1) is 24.8 Å². The first-order valence-corrected chi connectivity index (χ1v) is 10.1. The van der Waals surface area contributed by atoms with E-state index in [-0.39, 0.29) is 36.6 Å². The highest BCUT2D eigenvalue weighted by atomic mass is 35.5. The van der Waals surface area contributed by atoms with Gasteiger partial charge in [-0.3, -0.25) is 14.5 Å². The summed E-state index contributed by atoms with van der Waals surface area (Å²) >= 11 is 0. The lowest BCUT2D eigenvalue weighted by atomic mass is 9.94. The number of nitrogens with zero attached hydrogens (tertiary/aromatic N) is 3. The number of aryl methyl sites for hydroxylation is 1. The van der Waals surface area contributed by atoms with Gasteiger partial charge in [0.25, 0.3) is 5.91 Å². The lowest BCUT2D eigenvalue weighted by molar-refractivity contribution is -0.134. The predicted molar refractivity (Wildman–Crippen MR) is 122 cm³/mol. The second-order valence-corrected chi connectivity index (χ2v) is 7.94. The largest absolute Gasteiger partial charge is 0.399 e. The van der Waals surface area contributed by atoms with Gasteiger partial charge < -0.3 is 15.5 Å². The third-order valence-electron chi connectivity index (χ3n) is 6.03. The minimum absolute atomic E-state index is 0. The van der Waals surface area contributed by atoms with Crippen LogP contribution in [0.2, 0.25) is 0 Å². The monoisotopic (exact) mass is 444 g/mol. The average molecular weight is 445 g/mol. The summed E-state index contributed by atoms with van der Waals surface area (Å²) in [6, 6.07) is 5.87. The number of hydrogen-bond acceptors (Lipinski definition) is 4. The van der Waals surface area contributed by atoms with Crippen molar-refractivity contribution >= 4 is 42.3 Å². The Morgan fingerprint density at radius 3 is 2.31 bits per heavy atom. The molecule has 6 nitrogen and oxygen atoms in total. The van der Waals surface area contributed by atoms with Gasteiger partial charge in [0.05, 0.1) is 6.54 Å². The van der Waals surface area contributed by atoms with Crippen molar-refractivity contribution in [2.45, 2.75) is 45.1 Å². The first kappa shape index (κ1) is 25.5. The smallest absolute Gasteiger partial charge is 0.254 e. The number of anilines is 1. The van der Waals surface area contributed by atoms with Crippen LogP contribution >= 0.6 is 24.8 Å². The molecule has 2 N–H and O–H groups in total. The summed E-state index contributed by atoms with van der Waals surface area (Å²) in [5.41, 5.74) is 8.07. The molecule has 164 valence electrons. The van der Waals surface area contributed by atoms with Crippen molar-refractivity contribution in [3.8, 4) is 0 Å². The van der Waals surface area contributed by atoms with Crippen LogP contribution in [-0.4, -0.2) is 72.3 Å². The van der Waals surface area contributed by atoms with Gasteiger partial charge in [0, 0.05) is 50.5 Å². The zero-order valence-electron chi connectivity index (χ0n) is 17.4. The van der Waals surface area contributed by atoms with Crippen molar-refractivity contribution in [1.29, 1.82) is 0 Å². The van der Waals surface area contributed by atoms with E-state index in [1.54, 1.807) is 6.07 Å². The number of carbonyl (C=O) groups is 2. The fourth-order valence-electron chi connectivity index (χ4n) is 4.12. The van der Waals surface area contributed by atoms with Crippen molar-refractivity contribution < 1.29 is 9.59 Å². The van der Waals surface area contributed by atoms with Gasteiger partial charge in [-0.25, -0.2) is 0 Å². The molecule has 2 amide bonds. The van der Waals surface area contributed by atoms with E-state index in [9.17, 15) is 9.59 Å². The summed E-state index contributed by atoms with van der Waals surface area (Å²) in [7, 11) is 1.95. The van der Waals surface area contributed by atoms with Crippen molar-refractivity contribution in [3.05, 3.63) is 29.3 Å². The van der Waals surface area contributed by atoms with E-state index in [0.717, 1.165) is 31.5 Å². The Morgan fingerprint density at radius 2 is 1.69 bits per heavy atom. The quantitative estimate of drug-likeness (QED) is 0.724. The summed E-state index contributed by atoms with van der Waals surface area (Å²) in [4.78, 5) is 31.4. The van der Waals surface area contributed by atoms with E-state index in [1.165, 1.54) is 19.3 Å². The topological polar surface area (TPSA) is 69.9 Å². The maximum atomic E-state index is 12.8. The molecule has 3 rings (SSSR count). The fraction of sp³-hybridized carbons (Fsp3) is 0.619.